The number of urea groups is 1. The van der Waals surface area contributed by atoms with Crippen molar-refractivity contribution in [3.8, 4) is 0 Å². The first-order chi connectivity index (χ1) is 15.6. The largest absolute Gasteiger partial charge is 0.332 e. The Morgan fingerprint density at radius 3 is 2.38 bits per heavy atom. The Morgan fingerprint density at radius 2 is 1.69 bits per heavy atom. The lowest BCUT2D eigenvalue weighted by Gasteiger charge is -2.56. The molecule has 7 rings (SSSR count). The van der Waals surface area contributed by atoms with Gasteiger partial charge < -0.3 is 5.32 Å². The second-order valence-corrected chi connectivity index (χ2v) is 10.7. The molecule has 0 unspecified atom stereocenters. The monoisotopic (exact) mass is 436 g/mol. The summed E-state index contributed by atoms with van der Waals surface area (Å²) in [6.45, 7) is 1.90. The normalized spacial score (nSPS) is 32.3. The maximum atomic E-state index is 12.6. The van der Waals surface area contributed by atoms with E-state index in [2.05, 4.69) is 30.1 Å². The number of carbonyl (C=O) groups is 2. The van der Waals surface area contributed by atoms with Gasteiger partial charge in [-0.25, -0.2) is 4.79 Å². The van der Waals surface area contributed by atoms with Gasteiger partial charge in [0.15, 0.2) is 5.65 Å². The fraction of sp³-hybridized carbons (Fsp3) is 0.667. The van der Waals surface area contributed by atoms with Crippen LogP contribution in [0.15, 0.2) is 24.4 Å². The van der Waals surface area contributed by atoms with Crippen LogP contribution in [0, 0.1) is 17.8 Å². The number of pyridine rings is 1. The Hall–Kier alpha value is -2.48. The van der Waals surface area contributed by atoms with E-state index in [-0.39, 0.29) is 24.0 Å². The lowest BCUT2D eigenvalue weighted by molar-refractivity contribution is -0.121. The van der Waals surface area contributed by atoms with Gasteiger partial charge in [0.1, 0.15) is 5.82 Å². The van der Waals surface area contributed by atoms with Gasteiger partial charge in [0, 0.05) is 17.7 Å². The Labute approximate surface area is 188 Å². The van der Waals surface area contributed by atoms with Crippen molar-refractivity contribution in [2.24, 2.45) is 17.8 Å². The van der Waals surface area contributed by atoms with Gasteiger partial charge in [0.2, 0.25) is 5.91 Å². The zero-order valence-electron chi connectivity index (χ0n) is 18.5. The first-order valence-corrected chi connectivity index (χ1v) is 12.2. The number of amides is 3. The number of aromatic nitrogens is 3. The molecule has 2 aromatic rings. The Bertz CT molecular complexity index is 989. The summed E-state index contributed by atoms with van der Waals surface area (Å²) in [6, 6.07) is 5.62. The van der Waals surface area contributed by atoms with E-state index in [1.165, 1.54) is 19.3 Å². The molecule has 3 amide bonds. The summed E-state index contributed by atoms with van der Waals surface area (Å²) < 4.78 is 2.06. The second kappa shape index (κ2) is 7.83. The van der Waals surface area contributed by atoms with Crippen molar-refractivity contribution in [2.45, 2.75) is 62.8 Å². The summed E-state index contributed by atoms with van der Waals surface area (Å²) in [5.74, 6) is 3.42. The van der Waals surface area contributed by atoms with Gasteiger partial charge in [-0.3, -0.25) is 19.4 Å². The van der Waals surface area contributed by atoms with Gasteiger partial charge in [0.25, 0.3) is 0 Å². The molecule has 4 bridgehead atoms. The molecule has 1 saturated heterocycles. The summed E-state index contributed by atoms with van der Waals surface area (Å²) in [6.07, 6.45) is 11.1. The van der Waals surface area contributed by atoms with Crippen LogP contribution < -0.4 is 10.6 Å². The number of nitrogens with one attached hydrogen (secondary N) is 2. The van der Waals surface area contributed by atoms with Crippen LogP contribution in [0.1, 0.15) is 63.1 Å². The molecular weight excluding hydrogens is 404 g/mol. The van der Waals surface area contributed by atoms with Gasteiger partial charge >= 0.3 is 6.03 Å². The Balaban J connectivity index is 0.993. The minimum Gasteiger partial charge on any atom is -0.332 e. The average Bonchev–Trinajstić information content (AvgIpc) is 3.17. The zero-order valence-corrected chi connectivity index (χ0v) is 18.5. The molecule has 0 radical (unpaired) electrons. The van der Waals surface area contributed by atoms with Crippen LogP contribution in [0.4, 0.5) is 4.79 Å². The number of rotatable bonds is 4. The van der Waals surface area contributed by atoms with E-state index in [1.807, 2.05) is 24.4 Å². The first-order valence-electron chi connectivity index (χ1n) is 12.2. The van der Waals surface area contributed by atoms with E-state index >= 15 is 0 Å². The number of carbonyl (C=O) groups excluding carboxylic acids is 2. The number of nitrogens with zero attached hydrogens (tertiary/aromatic N) is 4. The Morgan fingerprint density at radius 1 is 1.00 bits per heavy atom. The number of fused-ring (bicyclic) bond motifs is 1. The summed E-state index contributed by atoms with van der Waals surface area (Å²) in [5, 5.41) is 14.5. The second-order valence-electron chi connectivity index (χ2n) is 10.7. The molecule has 8 heteroatoms. The minimum atomic E-state index is -0.304. The van der Waals surface area contributed by atoms with Crippen LogP contribution in [0.25, 0.3) is 5.65 Å². The maximum absolute atomic E-state index is 12.6. The highest BCUT2D eigenvalue weighted by Gasteiger charge is 2.51. The molecule has 0 aromatic carbocycles. The molecule has 4 saturated carbocycles. The van der Waals surface area contributed by atoms with E-state index in [4.69, 9.17) is 0 Å². The van der Waals surface area contributed by atoms with Gasteiger partial charge in [-0.2, -0.15) is 0 Å². The van der Waals surface area contributed by atoms with Crippen LogP contribution in [0.5, 0.6) is 0 Å². The average molecular weight is 437 g/mol. The minimum absolute atomic E-state index is 0.0710. The van der Waals surface area contributed by atoms with Crippen molar-refractivity contribution in [3.63, 3.8) is 0 Å². The quantitative estimate of drug-likeness (QED) is 0.769. The van der Waals surface area contributed by atoms with E-state index in [9.17, 15) is 9.59 Å². The molecule has 5 aliphatic rings. The van der Waals surface area contributed by atoms with Crippen molar-refractivity contribution in [1.29, 1.82) is 0 Å². The van der Waals surface area contributed by atoms with Gasteiger partial charge in [0.05, 0.1) is 6.54 Å². The van der Waals surface area contributed by atoms with Gasteiger partial charge in [-0.05, 0) is 94.3 Å². The predicted molar refractivity (Wildman–Crippen MR) is 119 cm³/mol. The molecule has 8 nitrogen and oxygen atoms in total. The smallest absolute Gasteiger partial charge is 0.321 e. The molecule has 0 spiro atoms. The molecule has 3 heterocycles. The summed E-state index contributed by atoms with van der Waals surface area (Å²) in [7, 11) is 0. The van der Waals surface area contributed by atoms with Crippen molar-refractivity contribution in [3.05, 3.63) is 30.2 Å². The van der Waals surface area contributed by atoms with E-state index < -0.39 is 0 Å². The maximum Gasteiger partial charge on any atom is 0.321 e. The third-order valence-corrected chi connectivity index (χ3v) is 8.33. The molecule has 1 aliphatic heterocycles. The molecule has 170 valence electrons. The number of hydrogen-bond acceptors (Lipinski definition) is 5. The highest BCUT2D eigenvalue weighted by molar-refractivity contribution is 5.95. The predicted octanol–water partition coefficient (Wildman–Crippen LogP) is 2.70. The van der Waals surface area contributed by atoms with Crippen molar-refractivity contribution >= 4 is 17.6 Å². The molecular formula is C24H32N6O2. The highest BCUT2D eigenvalue weighted by Crippen LogP contribution is 2.55. The van der Waals surface area contributed by atoms with E-state index in [1.54, 1.807) is 0 Å². The third kappa shape index (κ3) is 3.78. The first kappa shape index (κ1) is 20.1. The van der Waals surface area contributed by atoms with Crippen LogP contribution in [0.3, 0.4) is 0 Å². The van der Waals surface area contributed by atoms with Crippen molar-refractivity contribution in [1.82, 2.24) is 30.1 Å². The number of hydrogen-bond donors (Lipinski definition) is 2. The van der Waals surface area contributed by atoms with E-state index in [0.29, 0.717) is 5.92 Å². The fourth-order valence-corrected chi connectivity index (χ4v) is 7.39. The summed E-state index contributed by atoms with van der Waals surface area (Å²) in [5.41, 5.74) is 0.799. The molecule has 32 heavy (non-hydrogen) atoms. The van der Waals surface area contributed by atoms with Crippen LogP contribution in [0.2, 0.25) is 0 Å². The van der Waals surface area contributed by atoms with Crippen LogP contribution >= 0.6 is 0 Å². The summed E-state index contributed by atoms with van der Waals surface area (Å²) >= 11 is 0. The van der Waals surface area contributed by atoms with Gasteiger partial charge in [-0.1, -0.05) is 6.07 Å². The van der Waals surface area contributed by atoms with Crippen LogP contribution in [-0.2, 0) is 4.79 Å². The lowest BCUT2D eigenvalue weighted by Crippen LogP contribution is -2.62. The van der Waals surface area contributed by atoms with Crippen molar-refractivity contribution in [2.75, 3.05) is 19.6 Å². The molecule has 2 aromatic heterocycles. The SMILES string of the molecule is O=C(CN1CCC(c2nnc3ccccn23)CC1)NC(=O)NC12CC3CC(CC(C3)C1)C2. The molecule has 5 fully saturated rings. The number of likely N-dealkylation sites (tertiary alicyclic amines) is 1. The van der Waals surface area contributed by atoms with Crippen molar-refractivity contribution < 1.29 is 9.59 Å². The van der Waals surface area contributed by atoms with Crippen LogP contribution in [-0.4, -0.2) is 56.6 Å². The Kier molecular flexibility index (Phi) is 4.93. The standard InChI is InChI=1S/C24H32N6O2/c31-21(25-23(32)26-24-12-16-9-17(13-24)11-18(10-16)14-24)15-29-7-4-19(5-8-29)22-28-27-20-3-1-2-6-30(20)22/h1-3,6,16-19H,4-5,7-15H2,(H2,25,26,31,32). The fourth-order valence-electron chi connectivity index (χ4n) is 7.39. The molecule has 0 atom stereocenters. The van der Waals surface area contributed by atoms with E-state index in [0.717, 1.165) is 74.4 Å². The molecule has 4 aliphatic carbocycles. The topological polar surface area (TPSA) is 91.6 Å². The third-order valence-electron chi connectivity index (χ3n) is 8.33. The zero-order chi connectivity index (χ0) is 21.7. The molecule has 2 N–H and O–H groups in total. The highest BCUT2D eigenvalue weighted by atomic mass is 16.2. The van der Waals surface area contributed by atoms with Gasteiger partial charge in [-0.15, -0.1) is 10.2 Å². The number of piperidine rings is 1. The summed E-state index contributed by atoms with van der Waals surface area (Å²) in [4.78, 5) is 27.3. The lowest BCUT2D eigenvalue weighted by atomic mass is 9.53. The number of imide groups is 1.